The number of carbonyl (C=O) groups excluding carboxylic acids is 2. The zero-order valence-electron chi connectivity index (χ0n) is 20.8. The van der Waals surface area contributed by atoms with E-state index in [-0.39, 0.29) is 17.4 Å². The third-order valence-electron chi connectivity index (χ3n) is 6.61. The number of halogens is 2. The molecule has 0 radical (unpaired) electrons. The van der Waals surface area contributed by atoms with Gasteiger partial charge in [0, 0.05) is 39.0 Å². The molecule has 7 nitrogen and oxygen atoms in total. The number of urea groups is 1. The van der Waals surface area contributed by atoms with E-state index in [1.54, 1.807) is 17.0 Å². The number of amides is 3. The predicted octanol–water partition coefficient (Wildman–Crippen LogP) is 5.07. The van der Waals surface area contributed by atoms with E-state index in [1.807, 2.05) is 24.3 Å². The van der Waals surface area contributed by atoms with Gasteiger partial charge in [0.1, 0.15) is 11.3 Å². The third-order valence-corrected chi connectivity index (χ3v) is 7.35. The van der Waals surface area contributed by atoms with E-state index >= 15 is 0 Å². The average molecular weight is 531 g/mol. The zero-order chi connectivity index (χ0) is 25.9. The Balaban J connectivity index is 1.25. The second-order valence-corrected chi connectivity index (χ2v) is 11.2. The normalized spacial score (nSPS) is 16.9. The lowest BCUT2D eigenvalue weighted by Gasteiger charge is -2.36. The number of hydroxylamine groups is 1. The standard InChI is InChI=1S/C27H32Cl2N4O3/c1-26(2,3)20-7-4-18(5-8-20)16-30-24(34)23-15-27(36-32-23)10-12-33(13-11-27)25(35)31-17-19-6-9-21(28)22(29)14-19/h4-9,14-15,32H,10-13,16-17H2,1-3H3,(H,30,34)(H,31,35). The van der Waals surface area contributed by atoms with Crippen molar-refractivity contribution in [1.82, 2.24) is 21.0 Å². The van der Waals surface area contributed by atoms with Crippen LogP contribution in [0.15, 0.2) is 54.2 Å². The Bertz CT molecular complexity index is 1150. The highest BCUT2D eigenvalue weighted by Crippen LogP contribution is 2.32. The molecule has 0 aliphatic carbocycles. The van der Waals surface area contributed by atoms with Crippen LogP contribution in [0.2, 0.25) is 10.0 Å². The maximum Gasteiger partial charge on any atom is 0.317 e. The van der Waals surface area contributed by atoms with Gasteiger partial charge in [-0.05, 0) is 40.3 Å². The molecule has 192 valence electrons. The number of piperidine rings is 1. The van der Waals surface area contributed by atoms with Crippen LogP contribution in [0.4, 0.5) is 4.79 Å². The van der Waals surface area contributed by atoms with Gasteiger partial charge in [-0.2, -0.15) is 0 Å². The van der Waals surface area contributed by atoms with Crippen LogP contribution in [-0.2, 0) is 28.1 Å². The molecule has 4 rings (SSSR count). The molecule has 3 amide bonds. The van der Waals surface area contributed by atoms with Crippen LogP contribution in [0.25, 0.3) is 0 Å². The molecule has 3 N–H and O–H groups in total. The number of hydrogen-bond acceptors (Lipinski definition) is 4. The van der Waals surface area contributed by atoms with E-state index < -0.39 is 5.60 Å². The van der Waals surface area contributed by atoms with Crippen LogP contribution in [0.1, 0.15) is 50.3 Å². The van der Waals surface area contributed by atoms with Crippen molar-refractivity contribution >= 4 is 35.1 Å². The van der Waals surface area contributed by atoms with Gasteiger partial charge in [-0.15, -0.1) is 0 Å². The van der Waals surface area contributed by atoms with Crippen LogP contribution >= 0.6 is 23.2 Å². The minimum atomic E-state index is -0.596. The van der Waals surface area contributed by atoms with Crippen molar-refractivity contribution in [2.24, 2.45) is 0 Å². The molecule has 9 heteroatoms. The monoisotopic (exact) mass is 530 g/mol. The maximum absolute atomic E-state index is 12.7. The van der Waals surface area contributed by atoms with Crippen molar-refractivity contribution in [2.45, 2.75) is 57.7 Å². The smallest absolute Gasteiger partial charge is 0.317 e. The second-order valence-electron chi connectivity index (χ2n) is 10.4. The van der Waals surface area contributed by atoms with Gasteiger partial charge in [0.15, 0.2) is 0 Å². The lowest BCUT2D eigenvalue weighted by molar-refractivity contribution is -0.120. The molecule has 0 saturated carbocycles. The molecular formula is C27H32Cl2N4O3. The van der Waals surface area contributed by atoms with Gasteiger partial charge in [-0.1, -0.05) is 74.3 Å². The fraction of sp³-hybridized carbons (Fsp3) is 0.407. The van der Waals surface area contributed by atoms with Gasteiger partial charge in [0.05, 0.1) is 10.0 Å². The highest BCUT2D eigenvalue weighted by molar-refractivity contribution is 6.42. The third kappa shape index (κ3) is 6.33. The van der Waals surface area contributed by atoms with Crippen LogP contribution in [0, 0.1) is 0 Å². The van der Waals surface area contributed by atoms with Crippen LogP contribution < -0.4 is 16.1 Å². The van der Waals surface area contributed by atoms with Crippen molar-refractivity contribution in [3.8, 4) is 0 Å². The van der Waals surface area contributed by atoms with E-state index in [2.05, 4.69) is 49.0 Å². The van der Waals surface area contributed by atoms with E-state index in [4.69, 9.17) is 28.0 Å². The Hall–Kier alpha value is -2.74. The molecule has 0 aromatic heterocycles. The first-order valence-corrected chi connectivity index (χ1v) is 12.8. The van der Waals surface area contributed by atoms with Crippen molar-refractivity contribution in [1.29, 1.82) is 0 Å². The summed E-state index contributed by atoms with van der Waals surface area (Å²) in [5.74, 6) is -0.214. The molecule has 1 saturated heterocycles. The number of rotatable bonds is 5. The predicted molar refractivity (Wildman–Crippen MR) is 142 cm³/mol. The summed E-state index contributed by atoms with van der Waals surface area (Å²) in [4.78, 5) is 32.9. The number of carbonyl (C=O) groups is 2. The molecular weight excluding hydrogens is 499 g/mol. The van der Waals surface area contributed by atoms with Crippen LogP contribution in [-0.4, -0.2) is 35.5 Å². The highest BCUT2D eigenvalue weighted by Gasteiger charge is 2.40. The summed E-state index contributed by atoms with van der Waals surface area (Å²) in [5.41, 5.74) is 5.84. The average Bonchev–Trinajstić information content (AvgIpc) is 3.26. The largest absolute Gasteiger partial charge is 0.347 e. The number of likely N-dealkylation sites (tertiary alicyclic amines) is 1. The lowest BCUT2D eigenvalue weighted by Crippen LogP contribution is -2.49. The van der Waals surface area contributed by atoms with Crippen molar-refractivity contribution in [3.63, 3.8) is 0 Å². The van der Waals surface area contributed by atoms with E-state index in [9.17, 15) is 9.59 Å². The number of hydrogen-bond donors (Lipinski definition) is 3. The molecule has 2 aromatic rings. The van der Waals surface area contributed by atoms with Crippen LogP contribution in [0.5, 0.6) is 0 Å². The summed E-state index contributed by atoms with van der Waals surface area (Å²) < 4.78 is 0. The Morgan fingerprint density at radius 1 is 0.972 bits per heavy atom. The summed E-state index contributed by atoms with van der Waals surface area (Å²) in [6, 6.07) is 13.4. The molecule has 36 heavy (non-hydrogen) atoms. The molecule has 2 aromatic carbocycles. The van der Waals surface area contributed by atoms with E-state index in [1.165, 1.54) is 5.56 Å². The van der Waals surface area contributed by atoms with Crippen molar-refractivity contribution in [3.05, 3.63) is 81.0 Å². The van der Waals surface area contributed by atoms with Crippen LogP contribution in [0.3, 0.4) is 0 Å². The summed E-state index contributed by atoms with van der Waals surface area (Å²) in [7, 11) is 0. The topological polar surface area (TPSA) is 82.7 Å². The minimum absolute atomic E-state index is 0.0905. The SMILES string of the molecule is CC(C)(C)c1ccc(CNC(=O)C2=CC3(CCN(C(=O)NCc4ccc(Cl)c(Cl)c4)CC3)ON2)cc1. The van der Waals surface area contributed by atoms with Crippen molar-refractivity contribution < 1.29 is 14.4 Å². The first kappa shape index (κ1) is 26.3. The summed E-state index contributed by atoms with van der Waals surface area (Å²) in [6.07, 6.45) is 3.02. The zero-order valence-corrected chi connectivity index (χ0v) is 22.3. The quantitative estimate of drug-likeness (QED) is 0.503. The maximum atomic E-state index is 12.7. The number of nitrogens with zero attached hydrogens (tertiary/aromatic N) is 1. The van der Waals surface area contributed by atoms with Gasteiger partial charge >= 0.3 is 6.03 Å². The second kappa shape index (κ2) is 10.7. The molecule has 0 atom stereocenters. The van der Waals surface area contributed by atoms with E-state index in [0.29, 0.717) is 54.8 Å². The summed E-state index contributed by atoms with van der Waals surface area (Å²) in [6.45, 7) is 8.34. The fourth-order valence-electron chi connectivity index (χ4n) is 4.26. The van der Waals surface area contributed by atoms with Gasteiger partial charge < -0.3 is 15.5 Å². The molecule has 2 heterocycles. The van der Waals surface area contributed by atoms with Gasteiger partial charge in [0.25, 0.3) is 5.91 Å². The highest BCUT2D eigenvalue weighted by atomic mass is 35.5. The molecule has 0 unspecified atom stereocenters. The molecule has 2 aliphatic heterocycles. The Morgan fingerprint density at radius 2 is 1.61 bits per heavy atom. The molecule has 1 spiro atoms. The molecule has 1 fully saturated rings. The van der Waals surface area contributed by atoms with E-state index in [0.717, 1.165) is 11.1 Å². The molecule has 0 bridgehead atoms. The van der Waals surface area contributed by atoms with Gasteiger partial charge in [-0.3, -0.25) is 15.1 Å². The fourth-order valence-corrected chi connectivity index (χ4v) is 4.59. The van der Waals surface area contributed by atoms with Crippen molar-refractivity contribution in [2.75, 3.05) is 13.1 Å². The lowest BCUT2D eigenvalue weighted by atomic mass is 9.87. The summed E-state index contributed by atoms with van der Waals surface area (Å²) >= 11 is 12.0. The number of nitrogens with one attached hydrogen (secondary N) is 3. The first-order valence-electron chi connectivity index (χ1n) is 12.1. The minimum Gasteiger partial charge on any atom is -0.347 e. The Morgan fingerprint density at radius 3 is 2.25 bits per heavy atom. The Kier molecular flexibility index (Phi) is 7.83. The van der Waals surface area contributed by atoms with Gasteiger partial charge in [0.2, 0.25) is 0 Å². The first-order chi connectivity index (χ1) is 17.0. The van der Waals surface area contributed by atoms with Gasteiger partial charge in [-0.25, -0.2) is 4.79 Å². The Labute approximate surface area is 222 Å². The number of benzene rings is 2. The summed E-state index contributed by atoms with van der Waals surface area (Å²) in [5, 5.41) is 6.80. The molecule has 2 aliphatic rings.